The van der Waals surface area contributed by atoms with Crippen molar-refractivity contribution in [2.45, 2.75) is 44.7 Å². The number of hydrogen-bond donors (Lipinski definition) is 3. The van der Waals surface area contributed by atoms with Gasteiger partial charge in [-0.2, -0.15) is 0 Å². The Balaban J connectivity index is 1.64. The van der Waals surface area contributed by atoms with E-state index in [4.69, 9.17) is 4.74 Å². The minimum Gasteiger partial charge on any atom is -0.497 e. The second-order valence-electron chi connectivity index (χ2n) is 7.45. The topological polar surface area (TPSA) is 78.0 Å². The number of nitrogens with zero attached hydrogens (tertiary/aromatic N) is 2. The van der Waals surface area contributed by atoms with Crippen LogP contribution in [0.15, 0.2) is 29.3 Å². The number of carbonyl (C=O) groups excluding carboxylic acids is 1. The third-order valence-electron chi connectivity index (χ3n) is 5.19. The summed E-state index contributed by atoms with van der Waals surface area (Å²) < 4.78 is 5.41. The van der Waals surface area contributed by atoms with Gasteiger partial charge in [0.2, 0.25) is 5.91 Å². The van der Waals surface area contributed by atoms with Crippen molar-refractivity contribution in [1.29, 1.82) is 0 Å². The van der Waals surface area contributed by atoms with E-state index in [1.54, 1.807) is 7.11 Å². The van der Waals surface area contributed by atoms with Crippen LogP contribution in [-0.4, -0.2) is 62.6 Å². The predicted octanol–water partition coefficient (Wildman–Crippen LogP) is 1.67. The fourth-order valence-corrected chi connectivity index (χ4v) is 3.55. The SMILES string of the molecule is CCNC(=NCC(=O)NC1CC1)NCC(c1cccc(OC)c1)N1CCCC1. The quantitative estimate of drug-likeness (QED) is 0.444. The van der Waals surface area contributed by atoms with E-state index in [1.807, 2.05) is 19.1 Å². The zero-order valence-corrected chi connectivity index (χ0v) is 17.0. The molecule has 0 spiro atoms. The molecule has 1 aliphatic carbocycles. The van der Waals surface area contributed by atoms with Crippen LogP contribution in [0, 0.1) is 0 Å². The molecule has 1 amide bonds. The van der Waals surface area contributed by atoms with Crippen LogP contribution in [0.2, 0.25) is 0 Å². The summed E-state index contributed by atoms with van der Waals surface area (Å²) in [6.45, 7) is 5.86. The molecule has 1 atom stereocenters. The van der Waals surface area contributed by atoms with Crippen molar-refractivity contribution in [3.63, 3.8) is 0 Å². The summed E-state index contributed by atoms with van der Waals surface area (Å²) in [5.41, 5.74) is 1.23. The Morgan fingerprint density at radius 2 is 2.07 bits per heavy atom. The maximum absolute atomic E-state index is 11.9. The number of methoxy groups -OCH3 is 1. The van der Waals surface area contributed by atoms with Gasteiger partial charge in [-0.05, 0) is 63.4 Å². The van der Waals surface area contributed by atoms with Crippen LogP contribution < -0.4 is 20.7 Å². The molecule has 7 nitrogen and oxygen atoms in total. The number of hydrogen-bond acceptors (Lipinski definition) is 4. The normalized spacial score (nSPS) is 18.6. The van der Waals surface area contributed by atoms with Gasteiger partial charge < -0.3 is 20.7 Å². The zero-order chi connectivity index (χ0) is 19.8. The van der Waals surface area contributed by atoms with Gasteiger partial charge >= 0.3 is 0 Å². The van der Waals surface area contributed by atoms with Crippen LogP contribution in [-0.2, 0) is 4.79 Å². The summed E-state index contributed by atoms with van der Waals surface area (Å²) in [5.74, 6) is 1.54. The highest BCUT2D eigenvalue weighted by atomic mass is 16.5. The number of ether oxygens (including phenoxy) is 1. The molecule has 1 aromatic rings. The van der Waals surface area contributed by atoms with Gasteiger partial charge in [-0.15, -0.1) is 0 Å². The molecule has 2 aliphatic rings. The fraction of sp³-hybridized carbons (Fsp3) is 0.619. The third kappa shape index (κ3) is 6.12. The Morgan fingerprint density at radius 1 is 1.29 bits per heavy atom. The maximum Gasteiger partial charge on any atom is 0.242 e. The highest BCUT2D eigenvalue weighted by Crippen LogP contribution is 2.27. The highest BCUT2D eigenvalue weighted by molar-refractivity contribution is 5.85. The number of aliphatic imine (C=N–C) groups is 1. The van der Waals surface area contributed by atoms with Gasteiger partial charge in [0.05, 0.1) is 13.2 Å². The maximum atomic E-state index is 11.9. The Bertz CT molecular complexity index is 669. The lowest BCUT2D eigenvalue weighted by atomic mass is 10.1. The van der Waals surface area contributed by atoms with Crippen LogP contribution in [0.4, 0.5) is 0 Å². The number of likely N-dealkylation sites (tertiary alicyclic amines) is 1. The summed E-state index contributed by atoms with van der Waals surface area (Å²) in [4.78, 5) is 18.9. The molecule has 3 rings (SSSR count). The molecule has 0 aromatic heterocycles. The molecule has 7 heteroatoms. The summed E-state index contributed by atoms with van der Waals surface area (Å²) in [5, 5.41) is 9.65. The first-order valence-electron chi connectivity index (χ1n) is 10.4. The van der Waals surface area contributed by atoms with Gasteiger partial charge in [0.1, 0.15) is 12.3 Å². The van der Waals surface area contributed by atoms with Crippen LogP contribution in [0.1, 0.15) is 44.2 Å². The van der Waals surface area contributed by atoms with Crippen molar-refractivity contribution in [3.8, 4) is 5.75 Å². The number of carbonyl (C=O) groups is 1. The van der Waals surface area contributed by atoms with Gasteiger partial charge in [0.25, 0.3) is 0 Å². The first kappa shape index (κ1) is 20.5. The first-order valence-corrected chi connectivity index (χ1v) is 10.4. The van der Waals surface area contributed by atoms with E-state index in [9.17, 15) is 4.79 Å². The summed E-state index contributed by atoms with van der Waals surface area (Å²) >= 11 is 0. The molecule has 2 fully saturated rings. The molecular weight excluding hydrogens is 354 g/mol. The molecule has 1 heterocycles. The average molecular weight is 388 g/mol. The van der Waals surface area contributed by atoms with Gasteiger partial charge in [0, 0.05) is 19.1 Å². The van der Waals surface area contributed by atoms with E-state index < -0.39 is 0 Å². The van der Waals surface area contributed by atoms with Crippen molar-refractivity contribution in [2.75, 3.05) is 39.8 Å². The standard InChI is InChI=1S/C21H33N5O2/c1-3-22-21(24-15-20(27)25-17-9-10-17)23-14-19(26-11-4-5-12-26)16-7-6-8-18(13-16)28-2/h6-8,13,17,19H,3-5,9-12,14-15H2,1-2H3,(H,25,27)(H2,22,23,24). The Kier molecular flexibility index (Phi) is 7.54. The molecule has 0 radical (unpaired) electrons. The summed E-state index contributed by atoms with van der Waals surface area (Å²) in [7, 11) is 1.70. The summed E-state index contributed by atoms with van der Waals surface area (Å²) in [6.07, 6.45) is 4.64. The van der Waals surface area contributed by atoms with Crippen molar-refractivity contribution in [1.82, 2.24) is 20.9 Å². The van der Waals surface area contributed by atoms with Crippen molar-refractivity contribution < 1.29 is 9.53 Å². The van der Waals surface area contributed by atoms with Crippen LogP contribution in [0.25, 0.3) is 0 Å². The molecule has 0 bridgehead atoms. The lowest BCUT2D eigenvalue weighted by Gasteiger charge is -2.29. The first-order chi connectivity index (χ1) is 13.7. The van der Waals surface area contributed by atoms with E-state index >= 15 is 0 Å². The number of guanidine groups is 1. The second kappa shape index (κ2) is 10.3. The molecule has 3 N–H and O–H groups in total. The van der Waals surface area contributed by atoms with Crippen LogP contribution in [0.5, 0.6) is 5.75 Å². The van der Waals surface area contributed by atoms with Gasteiger partial charge in [0.15, 0.2) is 5.96 Å². The molecule has 1 saturated carbocycles. The zero-order valence-electron chi connectivity index (χ0n) is 17.0. The van der Waals surface area contributed by atoms with E-state index in [2.05, 4.69) is 38.0 Å². The van der Waals surface area contributed by atoms with Crippen molar-refractivity contribution in [3.05, 3.63) is 29.8 Å². The van der Waals surface area contributed by atoms with Crippen LogP contribution in [0.3, 0.4) is 0 Å². The molecule has 1 saturated heterocycles. The van der Waals surface area contributed by atoms with E-state index in [0.717, 1.165) is 44.8 Å². The minimum absolute atomic E-state index is 0.0106. The number of amides is 1. The van der Waals surface area contributed by atoms with E-state index in [0.29, 0.717) is 12.0 Å². The molecule has 1 aliphatic heterocycles. The third-order valence-corrected chi connectivity index (χ3v) is 5.19. The predicted molar refractivity (Wildman–Crippen MR) is 112 cm³/mol. The van der Waals surface area contributed by atoms with Crippen molar-refractivity contribution >= 4 is 11.9 Å². The van der Waals surface area contributed by atoms with Crippen molar-refractivity contribution in [2.24, 2.45) is 4.99 Å². The van der Waals surface area contributed by atoms with E-state index in [-0.39, 0.29) is 18.5 Å². The summed E-state index contributed by atoms with van der Waals surface area (Å²) in [6, 6.07) is 8.88. The highest BCUT2D eigenvalue weighted by Gasteiger charge is 2.25. The molecule has 1 unspecified atom stereocenters. The van der Waals surface area contributed by atoms with Gasteiger partial charge in [-0.25, -0.2) is 4.99 Å². The smallest absolute Gasteiger partial charge is 0.242 e. The number of benzene rings is 1. The monoisotopic (exact) mass is 387 g/mol. The largest absolute Gasteiger partial charge is 0.497 e. The lowest BCUT2D eigenvalue weighted by Crippen LogP contribution is -2.43. The van der Waals surface area contributed by atoms with Crippen LogP contribution >= 0.6 is 0 Å². The minimum atomic E-state index is -0.0106. The molecule has 154 valence electrons. The van der Waals surface area contributed by atoms with E-state index in [1.165, 1.54) is 18.4 Å². The Morgan fingerprint density at radius 3 is 2.75 bits per heavy atom. The Labute approximate surface area is 167 Å². The lowest BCUT2D eigenvalue weighted by molar-refractivity contribution is -0.119. The number of rotatable bonds is 9. The average Bonchev–Trinajstić information content (AvgIpc) is 3.36. The van der Waals surface area contributed by atoms with Gasteiger partial charge in [-0.3, -0.25) is 9.69 Å². The molecule has 1 aromatic carbocycles. The molecular formula is C21H33N5O2. The molecule has 28 heavy (non-hydrogen) atoms. The second-order valence-corrected chi connectivity index (χ2v) is 7.45. The fourth-order valence-electron chi connectivity index (χ4n) is 3.55. The number of nitrogens with one attached hydrogen (secondary N) is 3. The van der Waals surface area contributed by atoms with Gasteiger partial charge in [-0.1, -0.05) is 12.1 Å². The Hall–Kier alpha value is -2.28.